The van der Waals surface area contributed by atoms with E-state index in [-0.39, 0.29) is 26.6 Å². The Morgan fingerprint density at radius 3 is 2.08 bits per heavy atom. The van der Waals surface area contributed by atoms with Crippen molar-refractivity contribution < 1.29 is 21.2 Å². The van der Waals surface area contributed by atoms with Gasteiger partial charge < -0.3 is 0 Å². The topological polar surface area (TPSA) is 80.3 Å². The summed E-state index contributed by atoms with van der Waals surface area (Å²) in [6.07, 6.45) is 1.56. The third-order valence-electron chi connectivity index (χ3n) is 4.23. The standard InChI is InChI=1S/C18H20FNO4S2/c1-12(2)17-10-9-16(11-18(17)26(23,24)20-14-5-6-14)25(21,22)15-7-3-13(19)4-8-15/h3-4,7-12,14,20H,5-6H2,1-2H3. The van der Waals surface area contributed by atoms with Gasteiger partial charge in [-0.25, -0.2) is 25.9 Å². The van der Waals surface area contributed by atoms with E-state index in [1.165, 1.54) is 18.2 Å². The van der Waals surface area contributed by atoms with Gasteiger partial charge in [-0.1, -0.05) is 19.9 Å². The predicted octanol–water partition coefficient (Wildman–Crippen LogP) is 3.22. The average Bonchev–Trinajstić information content (AvgIpc) is 3.38. The van der Waals surface area contributed by atoms with Crippen LogP contribution in [0.1, 0.15) is 38.2 Å². The van der Waals surface area contributed by atoms with Gasteiger partial charge in [0.15, 0.2) is 0 Å². The molecule has 3 rings (SSSR count). The van der Waals surface area contributed by atoms with Gasteiger partial charge in [-0.2, -0.15) is 0 Å². The molecule has 2 aromatic carbocycles. The fourth-order valence-electron chi connectivity index (χ4n) is 2.63. The molecule has 0 unspecified atom stereocenters. The minimum atomic E-state index is -3.95. The third kappa shape index (κ3) is 3.82. The Kier molecular flexibility index (Phi) is 4.94. The monoisotopic (exact) mass is 397 g/mol. The van der Waals surface area contributed by atoms with Gasteiger partial charge in [0, 0.05) is 6.04 Å². The molecule has 1 aliphatic carbocycles. The number of halogens is 1. The Bertz CT molecular complexity index is 1030. The molecule has 0 amide bonds. The van der Waals surface area contributed by atoms with Crippen LogP contribution in [0.5, 0.6) is 0 Å². The van der Waals surface area contributed by atoms with Crippen molar-refractivity contribution in [2.24, 2.45) is 0 Å². The van der Waals surface area contributed by atoms with Crippen LogP contribution in [0.3, 0.4) is 0 Å². The molecule has 0 atom stereocenters. The number of hydrogen-bond donors (Lipinski definition) is 1. The first-order valence-electron chi connectivity index (χ1n) is 8.28. The van der Waals surface area contributed by atoms with E-state index in [0.717, 1.165) is 37.1 Å². The molecular formula is C18H20FNO4S2. The van der Waals surface area contributed by atoms with Gasteiger partial charge in [-0.15, -0.1) is 0 Å². The molecule has 0 bridgehead atoms. The summed E-state index contributed by atoms with van der Waals surface area (Å²) >= 11 is 0. The van der Waals surface area contributed by atoms with Crippen molar-refractivity contribution in [2.45, 2.75) is 53.3 Å². The molecule has 0 spiro atoms. The van der Waals surface area contributed by atoms with E-state index in [2.05, 4.69) is 4.72 Å². The van der Waals surface area contributed by atoms with Gasteiger partial charge in [-0.05, 0) is 60.7 Å². The fraction of sp³-hybridized carbons (Fsp3) is 0.333. The van der Waals surface area contributed by atoms with E-state index in [9.17, 15) is 21.2 Å². The Hall–Kier alpha value is -1.77. The lowest BCUT2D eigenvalue weighted by molar-refractivity contribution is 0.578. The molecule has 1 saturated carbocycles. The number of sulfone groups is 1. The second-order valence-electron chi connectivity index (χ2n) is 6.71. The van der Waals surface area contributed by atoms with E-state index < -0.39 is 25.7 Å². The second-order valence-corrected chi connectivity index (χ2v) is 10.3. The summed E-state index contributed by atoms with van der Waals surface area (Å²) in [5.74, 6) is -0.639. The Morgan fingerprint density at radius 1 is 0.962 bits per heavy atom. The third-order valence-corrected chi connectivity index (χ3v) is 7.57. The van der Waals surface area contributed by atoms with Gasteiger partial charge in [0.2, 0.25) is 19.9 Å². The van der Waals surface area contributed by atoms with Crippen LogP contribution in [0.2, 0.25) is 0 Å². The highest BCUT2D eigenvalue weighted by Crippen LogP contribution is 2.31. The molecule has 0 heterocycles. The van der Waals surface area contributed by atoms with Crippen molar-refractivity contribution in [2.75, 3.05) is 0 Å². The lowest BCUT2D eigenvalue weighted by Crippen LogP contribution is -2.27. The molecule has 0 saturated heterocycles. The normalized spacial score (nSPS) is 15.4. The number of sulfonamides is 1. The number of nitrogens with one attached hydrogen (secondary N) is 1. The molecule has 0 radical (unpaired) electrons. The molecule has 5 nitrogen and oxygen atoms in total. The van der Waals surface area contributed by atoms with Crippen molar-refractivity contribution in [3.05, 3.63) is 53.8 Å². The molecule has 1 aliphatic rings. The number of hydrogen-bond acceptors (Lipinski definition) is 4. The summed E-state index contributed by atoms with van der Waals surface area (Å²) in [6, 6.07) is 8.47. The van der Waals surface area contributed by atoms with Gasteiger partial charge in [0.1, 0.15) is 5.82 Å². The Balaban J connectivity index is 2.12. The van der Waals surface area contributed by atoms with Crippen LogP contribution in [-0.4, -0.2) is 22.9 Å². The van der Waals surface area contributed by atoms with Crippen LogP contribution in [0.15, 0.2) is 57.2 Å². The lowest BCUT2D eigenvalue weighted by Gasteiger charge is -2.16. The number of rotatable bonds is 6. The van der Waals surface area contributed by atoms with Gasteiger partial charge in [-0.3, -0.25) is 0 Å². The summed E-state index contributed by atoms with van der Waals surface area (Å²) in [6.45, 7) is 3.69. The maximum absolute atomic E-state index is 13.1. The van der Waals surface area contributed by atoms with Crippen LogP contribution in [0, 0.1) is 5.82 Å². The summed E-state index contributed by atoms with van der Waals surface area (Å²) in [4.78, 5) is -0.248. The minimum Gasteiger partial charge on any atom is -0.219 e. The smallest absolute Gasteiger partial charge is 0.219 e. The van der Waals surface area contributed by atoms with E-state index >= 15 is 0 Å². The zero-order chi connectivity index (χ0) is 19.1. The number of benzene rings is 2. The summed E-state index contributed by atoms with van der Waals surface area (Å²) in [5.41, 5.74) is 0.552. The van der Waals surface area contributed by atoms with E-state index in [0.29, 0.717) is 5.56 Å². The highest BCUT2D eigenvalue weighted by atomic mass is 32.2. The van der Waals surface area contributed by atoms with Crippen molar-refractivity contribution in [3.8, 4) is 0 Å². The maximum atomic E-state index is 13.1. The van der Waals surface area contributed by atoms with Crippen LogP contribution >= 0.6 is 0 Å². The van der Waals surface area contributed by atoms with Crippen LogP contribution < -0.4 is 4.72 Å². The zero-order valence-electron chi connectivity index (χ0n) is 14.4. The quantitative estimate of drug-likeness (QED) is 0.759. The van der Waals surface area contributed by atoms with Crippen molar-refractivity contribution >= 4 is 19.9 Å². The van der Waals surface area contributed by atoms with Gasteiger partial charge in [0.05, 0.1) is 14.7 Å². The van der Waals surface area contributed by atoms with Crippen molar-refractivity contribution in [1.82, 2.24) is 4.72 Å². The first-order valence-corrected chi connectivity index (χ1v) is 11.2. The molecule has 140 valence electrons. The molecule has 0 aromatic heterocycles. The summed E-state index contributed by atoms with van der Waals surface area (Å²) in [5, 5.41) is 0. The fourth-order valence-corrected chi connectivity index (χ4v) is 5.68. The molecule has 2 aromatic rings. The highest BCUT2D eigenvalue weighted by Gasteiger charge is 2.31. The van der Waals surface area contributed by atoms with Crippen LogP contribution in [0.25, 0.3) is 0 Å². The molecule has 0 aliphatic heterocycles. The van der Waals surface area contributed by atoms with E-state index in [4.69, 9.17) is 0 Å². The maximum Gasteiger partial charge on any atom is 0.241 e. The first-order chi connectivity index (χ1) is 12.1. The SMILES string of the molecule is CC(C)c1ccc(S(=O)(=O)c2ccc(F)cc2)cc1S(=O)(=O)NC1CC1. The van der Waals surface area contributed by atoms with Crippen molar-refractivity contribution in [3.63, 3.8) is 0 Å². The zero-order valence-corrected chi connectivity index (χ0v) is 16.1. The van der Waals surface area contributed by atoms with Crippen molar-refractivity contribution in [1.29, 1.82) is 0 Å². The molecule has 1 fully saturated rings. The van der Waals surface area contributed by atoms with E-state index in [1.54, 1.807) is 0 Å². The molecule has 26 heavy (non-hydrogen) atoms. The lowest BCUT2D eigenvalue weighted by atomic mass is 10.0. The minimum absolute atomic E-state index is 0.0254. The summed E-state index contributed by atoms with van der Waals surface area (Å²) < 4.78 is 66.7. The Labute approximate surface area is 153 Å². The van der Waals surface area contributed by atoms with Gasteiger partial charge in [0.25, 0.3) is 0 Å². The Morgan fingerprint density at radius 2 is 1.54 bits per heavy atom. The second kappa shape index (κ2) is 6.75. The van der Waals surface area contributed by atoms with Crippen LogP contribution in [0.4, 0.5) is 4.39 Å². The summed E-state index contributed by atoms with van der Waals surface area (Å²) in [7, 11) is -7.77. The highest BCUT2D eigenvalue weighted by molar-refractivity contribution is 7.91. The van der Waals surface area contributed by atoms with Crippen LogP contribution in [-0.2, 0) is 19.9 Å². The molecule has 8 heteroatoms. The van der Waals surface area contributed by atoms with Gasteiger partial charge >= 0.3 is 0 Å². The molecule has 1 N–H and O–H groups in total. The average molecular weight is 397 g/mol. The largest absolute Gasteiger partial charge is 0.241 e. The predicted molar refractivity (Wildman–Crippen MR) is 95.7 cm³/mol. The first kappa shape index (κ1) is 19.0. The van der Waals surface area contributed by atoms with E-state index in [1.807, 2.05) is 13.8 Å². The molecular weight excluding hydrogens is 377 g/mol.